The van der Waals surface area contributed by atoms with Crippen LogP contribution >= 0.6 is 35.0 Å². The van der Waals surface area contributed by atoms with E-state index in [-0.39, 0.29) is 17.4 Å². The third-order valence-corrected chi connectivity index (χ3v) is 5.64. The molecule has 1 atom stereocenters. The number of thioether (sulfide) groups is 1. The molecule has 11 heteroatoms. The van der Waals surface area contributed by atoms with E-state index in [1.807, 2.05) is 0 Å². The van der Waals surface area contributed by atoms with Crippen molar-refractivity contribution >= 4 is 46.6 Å². The van der Waals surface area contributed by atoms with Crippen LogP contribution in [0.2, 0.25) is 10.0 Å². The quantitative estimate of drug-likeness (QED) is 0.474. The highest BCUT2D eigenvalue weighted by molar-refractivity contribution is 7.99. The zero-order chi connectivity index (χ0) is 21.8. The number of ether oxygens (including phenoxy) is 1. The maximum atomic E-state index is 13.8. The number of anilines is 1. The lowest BCUT2D eigenvalue weighted by Crippen LogP contribution is -2.15. The Morgan fingerprint density at radius 1 is 1.23 bits per heavy atom. The van der Waals surface area contributed by atoms with Crippen molar-refractivity contribution in [1.29, 1.82) is 0 Å². The van der Waals surface area contributed by atoms with Crippen molar-refractivity contribution in [3.05, 3.63) is 63.9 Å². The lowest BCUT2D eigenvalue weighted by atomic mass is 10.3. The first-order valence-corrected chi connectivity index (χ1v) is 10.4. The Balaban J connectivity index is 1.63. The third kappa shape index (κ3) is 5.21. The van der Waals surface area contributed by atoms with Crippen LogP contribution in [0.4, 0.5) is 14.5 Å². The van der Waals surface area contributed by atoms with Gasteiger partial charge in [0.25, 0.3) is 0 Å². The van der Waals surface area contributed by atoms with Gasteiger partial charge in [-0.15, -0.1) is 10.2 Å². The zero-order valence-electron chi connectivity index (χ0n) is 15.8. The SMILES string of the molecule is CC(Oc1ccc(F)cc1F)c1nnc(SCC(=O)Nc2c(Cl)cccc2Cl)n1C. The van der Waals surface area contributed by atoms with E-state index in [0.29, 0.717) is 26.7 Å². The number of hydrogen-bond acceptors (Lipinski definition) is 5. The fraction of sp³-hybridized carbons (Fsp3) is 0.211. The van der Waals surface area contributed by atoms with Gasteiger partial charge in [-0.2, -0.15) is 0 Å². The van der Waals surface area contributed by atoms with E-state index >= 15 is 0 Å². The van der Waals surface area contributed by atoms with Crippen molar-refractivity contribution in [3.8, 4) is 5.75 Å². The molecule has 0 fully saturated rings. The van der Waals surface area contributed by atoms with Crippen LogP contribution in [-0.2, 0) is 11.8 Å². The number of aromatic nitrogens is 3. The highest BCUT2D eigenvalue weighted by Gasteiger charge is 2.20. The molecule has 1 aromatic heterocycles. The van der Waals surface area contributed by atoms with Gasteiger partial charge in [-0.25, -0.2) is 8.78 Å². The molecule has 0 aliphatic rings. The van der Waals surface area contributed by atoms with E-state index < -0.39 is 17.7 Å². The number of nitrogens with one attached hydrogen (secondary N) is 1. The van der Waals surface area contributed by atoms with Crippen LogP contribution < -0.4 is 10.1 Å². The fourth-order valence-corrected chi connectivity index (χ4v) is 3.75. The van der Waals surface area contributed by atoms with Gasteiger partial charge in [0.2, 0.25) is 5.91 Å². The minimum atomic E-state index is -0.812. The summed E-state index contributed by atoms with van der Waals surface area (Å²) in [5.41, 5.74) is 0.341. The molecule has 2 aromatic carbocycles. The summed E-state index contributed by atoms with van der Waals surface area (Å²) in [6.07, 6.45) is -0.660. The molecular weight excluding hydrogens is 457 g/mol. The maximum Gasteiger partial charge on any atom is 0.234 e. The lowest BCUT2D eigenvalue weighted by Gasteiger charge is -2.14. The number of carbonyl (C=O) groups is 1. The molecule has 1 unspecified atom stereocenters. The van der Waals surface area contributed by atoms with E-state index in [1.54, 1.807) is 36.7 Å². The maximum absolute atomic E-state index is 13.8. The Hall–Kier alpha value is -2.36. The second-order valence-corrected chi connectivity index (χ2v) is 7.93. The monoisotopic (exact) mass is 472 g/mol. The predicted octanol–water partition coefficient (Wildman–Crippen LogP) is 5.27. The van der Waals surface area contributed by atoms with Crippen molar-refractivity contribution in [2.24, 2.45) is 7.05 Å². The van der Waals surface area contributed by atoms with Gasteiger partial charge >= 0.3 is 0 Å². The summed E-state index contributed by atoms with van der Waals surface area (Å²) >= 11 is 13.2. The molecule has 30 heavy (non-hydrogen) atoms. The smallest absolute Gasteiger partial charge is 0.234 e. The van der Waals surface area contributed by atoms with Crippen molar-refractivity contribution in [3.63, 3.8) is 0 Å². The van der Waals surface area contributed by atoms with Crippen LogP contribution in [0.15, 0.2) is 41.6 Å². The molecule has 158 valence electrons. The number of benzene rings is 2. The largest absolute Gasteiger partial charge is 0.480 e. The van der Waals surface area contributed by atoms with E-state index in [1.165, 1.54) is 6.07 Å². The van der Waals surface area contributed by atoms with Gasteiger partial charge in [0, 0.05) is 13.1 Å². The van der Waals surface area contributed by atoms with Crippen LogP contribution in [0.1, 0.15) is 18.9 Å². The molecule has 1 heterocycles. The van der Waals surface area contributed by atoms with E-state index in [0.717, 1.165) is 23.9 Å². The van der Waals surface area contributed by atoms with Gasteiger partial charge in [-0.3, -0.25) is 4.79 Å². The van der Waals surface area contributed by atoms with Crippen LogP contribution in [0.5, 0.6) is 5.75 Å². The Morgan fingerprint density at radius 2 is 1.93 bits per heavy atom. The van der Waals surface area contributed by atoms with Gasteiger partial charge in [-0.05, 0) is 31.2 Å². The second kappa shape index (κ2) is 9.63. The van der Waals surface area contributed by atoms with Crippen LogP contribution in [0.3, 0.4) is 0 Å². The van der Waals surface area contributed by atoms with Gasteiger partial charge < -0.3 is 14.6 Å². The summed E-state index contributed by atoms with van der Waals surface area (Å²) in [5.74, 6) is -1.48. The molecule has 1 N–H and O–H groups in total. The average molecular weight is 473 g/mol. The summed E-state index contributed by atoms with van der Waals surface area (Å²) in [6.45, 7) is 1.66. The standard InChI is InChI=1S/C19H16Cl2F2N4O2S/c1-10(29-15-7-6-11(22)8-14(15)23)18-25-26-19(27(18)2)30-9-16(28)24-17-12(20)4-3-5-13(17)21/h3-8,10H,9H2,1-2H3,(H,24,28). The van der Waals surface area contributed by atoms with Gasteiger partial charge in [0.15, 0.2) is 28.7 Å². The summed E-state index contributed by atoms with van der Waals surface area (Å²) in [7, 11) is 1.70. The third-order valence-electron chi connectivity index (χ3n) is 3.99. The first kappa shape index (κ1) is 22.3. The Morgan fingerprint density at radius 3 is 2.60 bits per heavy atom. The number of hydrogen-bond donors (Lipinski definition) is 1. The van der Waals surface area contributed by atoms with E-state index in [4.69, 9.17) is 27.9 Å². The first-order valence-electron chi connectivity index (χ1n) is 8.64. The molecule has 3 aromatic rings. The Bertz CT molecular complexity index is 1060. The van der Waals surface area contributed by atoms with Crippen LogP contribution in [0, 0.1) is 11.6 Å². The number of para-hydroxylation sites is 1. The minimum Gasteiger partial charge on any atom is -0.480 e. The lowest BCUT2D eigenvalue weighted by molar-refractivity contribution is -0.113. The molecule has 0 saturated carbocycles. The number of amides is 1. The van der Waals surface area contributed by atoms with Crippen molar-refractivity contribution in [2.45, 2.75) is 18.2 Å². The molecule has 0 bridgehead atoms. The number of nitrogens with zero attached hydrogens (tertiary/aromatic N) is 3. The number of carbonyl (C=O) groups excluding carboxylic acids is 1. The van der Waals surface area contributed by atoms with E-state index in [2.05, 4.69) is 15.5 Å². The average Bonchev–Trinajstić information content (AvgIpc) is 3.06. The number of halogens is 4. The van der Waals surface area contributed by atoms with Gasteiger partial charge in [0.1, 0.15) is 5.82 Å². The highest BCUT2D eigenvalue weighted by atomic mass is 35.5. The minimum absolute atomic E-state index is 0.0371. The predicted molar refractivity (Wildman–Crippen MR) is 112 cm³/mol. The molecule has 0 aliphatic carbocycles. The van der Waals surface area contributed by atoms with Crippen molar-refractivity contribution < 1.29 is 18.3 Å². The number of rotatable bonds is 7. The fourth-order valence-electron chi connectivity index (χ4n) is 2.54. The summed E-state index contributed by atoms with van der Waals surface area (Å²) in [6, 6.07) is 7.97. The van der Waals surface area contributed by atoms with Crippen LogP contribution in [0.25, 0.3) is 0 Å². The van der Waals surface area contributed by atoms with Gasteiger partial charge in [-0.1, -0.05) is 41.0 Å². The molecule has 0 radical (unpaired) electrons. The normalized spacial score (nSPS) is 11.9. The summed E-state index contributed by atoms with van der Waals surface area (Å²) < 4.78 is 34.0. The Labute approximate surface area is 185 Å². The Kier molecular flexibility index (Phi) is 7.17. The molecular formula is C19H16Cl2F2N4O2S. The summed E-state index contributed by atoms with van der Waals surface area (Å²) in [4.78, 5) is 12.2. The molecule has 3 rings (SSSR count). The van der Waals surface area contributed by atoms with Crippen LogP contribution in [-0.4, -0.2) is 26.4 Å². The van der Waals surface area contributed by atoms with Crippen molar-refractivity contribution in [1.82, 2.24) is 14.8 Å². The molecule has 6 nitrogen and oxygen atoms in total. The first-order chi connectivity index (χ1) is 14.3. The van der Waals surface area contributed by atoms with E-state index in [9.17, 15) is 13.6 Å². The second-order valence-electron chi connectivity index (χ2n) is 6.17. The molecule has 0 aliphatic heterocycles. The summed E-state index contributed by atoms with van der Waals surface area (Å²) in [5, 5.41) is 11.9. The zero-order valence-corrected chi connectivity index (χ0v) is 18.2. The highest BCUT2D eigenvalue weighted by Crippen LogP contribution is 2.30. The van der Waals surface area contributed by atoms with Crippen molar-refractivity contribution in [2.75, 3.05) is 11.1 Å². The molecule has 0 saturated heterocycles. The molecule has 0 spiro atoms. The topological polar surface area (TPSA) is 69.0 Å². The van der Waals surface area contributed by atoms with Gasteiger partial charge in [0.05, 0.1) is 21.5 Å². The molecule has 1 amide bonds.